The number of halogens is 1. The van der Waals surface area contributed by atoms with Crippen molar-refractivity contribution in [3.8, 4) is 33.9 Å². The summed E-state index contributed by atoms with van der Waals surface area (Å²) in [6, 6.07) is 10.7. The van der Waals surface area contributed by atoms with E-state index in [1.807, 2.05) is 25.2 Å². The highest BCUT2D eigenvalue weighted by atomic mass is 19.1. The number of hydrogen-bond acceptors (Lipinski definition) is 6. The van der Waals surface area contributed by atoms with E-state index in [1.165, 1.54) is 18.5 Å². The molecule has 5 aromatic rings. The van der Waals surface area contributed by atoms with Gasteiger partial charge in [0.25, 0.3) is 0 Å². The molecule has 0 saturated heterocycles. The lowest BCUT2D eigenvalue weighted by atomic mass is 10.0. The van der Waals surface area contributed by atoms with E-state index in [0.29, 0.717) is 17.2 Å². The molecule has 2 N–H and O–H groups in total. The van der Waals surface area contributed by atoms with Crippen LogP contribution >= 0.6 is 0 Å². The molecule has 5 rings (SSSR count). The van der Waals surface area contributed by atoms with Crippen LogP contribution in [0.3, 0.4) is 0 Å². The Balaban J connectivity index is 1.78. The summed E-state index contributed by atoms with van der Waals surface area (Å²) >= 11 is 0. The third kappa shape index (κ3) is 3.61. The molecule has 33 heavy (non-hydrogen) atoms. The lowest BCUT2D eigenvalue weighted by Gasteiger charge is -2.25. The zero-order chi connectivity index (χ0) is 23.3. The number of aromatic nitrogens is 7. The number of hydrogen-bond donors (Lipinski definition) is 1. The maximum Gasteiger partial charge on any atom is 0.219 e. The molecule has 0 aliphatic heterocycles. The van der Waals surface area contributed by atoms with Crippen LogP contribution in [0.15, 0.2) is 55.1 Å². The van der Waals surface area contributed by atoms with E-state index in [0.717, 1.165) is 27.7 Å². The second-order valence-electron chi connectivity index (χ2n) is 8.87. The Morgan fingerprint density at radius 2 is 1.64 bits per heavy atom. The molecule has 3 heterocycles. The van der Waals surface area contributed by atoms with Crippen molar-refractivity contribution in [1.29, 1.82) is 0 Å². The van der Waals surface area contributed by atoms with Crippen molar-refractivity contribution in [2.75, 3.05) is 5.73 Å². The van der Waals surface area contributed by atoms with Gasteiger partial charge in [0.2, 0.25) is 5.95 Å². The van der Waals surface area contributed by atoms with Gasteiger partial charge in [0.1, 0.15) is 18.0 Å². The number of fused-ring (bicyclic) bond motifs is 1. The van der Waals surface area contributed by atoms with Crippen LogP contribution in [0, 0.1) is 5.82 Å². The van der Waals surface area contributed by atoms with Crippen molar-refractivity contribution in [2.45, 2.75) is 26.3 Å². The monoisotopic (exact) mass is 442 g/mol. The van der Waals surface area contributed by atoms with Gasteiger partial charge in [-0.05, 0) is 56.7 Å². The van der Waals surface area contributed by atoms with Gasteiger partial charge in [-0.3, -0.25) is 0 Å². The van der Waals surface area contributed by atoms with Crippen LogP contribution in [0.25, 0.3) is 44.9 Å². The summed E-state index contributed by atoms with van der Waals surface area (Å²) in [5, 5.41) is 4.18. The molecule has 8 nitrogen and oxygen atoms in total. The molecule has 0 unspecified atom stereocenters. The third-order valence-corrected chi connectivity index (χ3v) is 5.51. The first-order chi connectivity index (χ1) is 15.7. The molecule has 0 radical (unpaired) electrons. The SMILES string of the molecule is Cn1ncnc1-c1ccc(F)cc1-c1nc2cc(-c3cnc(N)nc3)ccc2n1C(C)(C)C. The quantitative estimate of drug-likeness (QED) is 0.444. The maximum atomic E-state index is 14.5. The zero-order valence-electron chi connectivity index (χ0n) is 18.8. The molecule has 0 aliphatic carbocycles. The second kappa shape index (κ2) is 7.47. The van der Waals surface area contributed by atoms with Crippen molar-refractivity contribution in [3.05, 3.63) is 60.9 Å². The first-order valence-electron chi connectivity index (χ1n) is 10.5. The smallest absolute Gasteiger partial charge is 0.219 e. The van der Waals surface area contributed by atoms with E-state index in [9.17, 15) is 4.39 Å². The van der Waals surface area contributed by atoms with Crippen LogP contribution in [0.2, 0.25) is 0 Å². The van der Waals surface area contributed by atoms with Crippen molar-refractivity contribution >= 4 is 17.0 Å². The summed E-state index contributed by atoms with van der Waals surface area (Å²) < 4.78 is 18.3. The van der Waals surface area contributed by atoms with E-state index in [1.54, 1.807) is 23.1 Å². The average Bonchev–Trinajstić information content (AvgIpc) is 3.37. The lowest BCUT2D eigenvalue weighted by molar-refractivity contribution is 0.413. The maximum absolute atomic E-state index is 14.5. The van der Waals surface area contributed by atoms with Crippen molar-refractivity contribution in [1.82, 2.24) is 34.3 Å². The standard InChI is InChI=1S/C24H23FN8/c1-24(2,3)33-20-8-5-14(15-11-27-23(26)28-12-15)9-19(20)31-22(33)18-10-16(25)6-7-17(18)21-29-13-30-32(21)4/h5-13H,1-4H3,(H2,26,27,28). The summed E-state index contributed by atoms with van der Waals surface area (Å²) in [5.41, 5.74) is 10.2. The molecule has 9 heteroatoms. The third-order valence-electron chi connectivity index (χ3n) is 5.51. The van der Waals surface area contributed by atoms with Crippen LogP contribution < -0.4 is 5.73 Å². The normalized spacial score (nSPS) is 11.9. The Kier molecular flexibility index (Phi) is 4.70. The van der Waals surface area contributed by atoms with Gasteiger partial charge in [-0.15, -0.1) is 0 Å². The predicted molar refractivity (Wildman–Crippen MR) is 126 cm³/mol. The Morgan fingerprint density at radius 1 is 0.879 bits per heavy atom. The highest BCUT2D eigenvalue weighted by Gasteiger charge is 2.25. The molecule has 3 aromatic heterocycles. The minimum absolute atomic E-state index is 0.224. The molecule has 0 aliphatic rings. The van der Waals surface area contributed by atoms with Gasteiger partial charge in [0, 0.05) is 41.7 Å². The lowest BCUT2D eigenvalue weighted by Crippen LogP contribution is -2.22. The second-order valence-corrected chi connectivity index (χ2v) is 8.87. The minimum Gasteiger partial charge on any atom is -0.368 e. The highest BCUT2D eigenvalue weighted by molar-refractivity contribution is 5.88. The number of rotatable bonds is 3. The molecule has 0 atom stereocenters. The summed E-state index contributed by atoms with van der Waals surface area (Å²) in [5.74, 6) is 1.17. The number of aryl methyl sites for hydroxylation is 1. The summed E-state index contributed by atoms with van der Waals surface area (Å²) in [6.07, 6.45) is 4.85. The Labute approximate surface area is 190 Å². The molecular formula is C24H23FN8. The minimum atomic E-state index is -0.344. The van der Waals surface area contributed by atoms with Crippen LogP contribution in [-0.2, 0) is 12.6 Å². The fourth-order valence-corrected chi connectivity index (χ4v) is 4.04. The summed E-state index contributed by atoms with van der Waals surface area (Å²) in [6.45, 7) is 6.29. The number of imidazole rings is 1. The van der Waals surface area contributed by atoms with E-state index in [4.69, 9.17) is 10.7 Å². The Hall–Kier alpha value is -4.14. The zero-order valence-corrected chi connectivity index (χ0v) is 18.8. The van der Waals surface area contributed by atoms with Gasteiger partial charge in [-0.2, -0.15) is 5.10 Å². The number of anilines is 1. The van der Waals surface area contributed by atoms with Crippen LogP contribution in [0.4, 0.5) is 10.3 Å². The number of nitrogens with zero attached hydrogens (tertiary/aromatic N) is 7. The average molecular weight is 443 g/mol. The molecule has 0 bridgehead atoms. The summed E-state index contributed by atoms with van der Waals surface area (Å²) in [4.78, 5) is 17.5. The Bertz CT molecular complexity index is 1480. The first-order valence-corrected chi connectivity index (χ1v) is 10.5. The molecular weight excluding hydrogens is 419 g/mol. The van der Waals surface area contributed by atoms with Gasteiger partial charge in [-0.1, -0.05) is 6.07 Å². The molecule has 0 saturated carbocycles. The van der Waals surface area contributed by atoms with Crippen molar-refractivity contribution in [3.63, 3.8) is 0 Å². The van der Waals surface area contributed by atoms with Gasteiger partial charge in [0.15, 0.2) is 5.82 Å². The summed E-state index contributed by atoms with van der Waals surface area (Å²) in [7, 11) is 1.81. The Morgan fingerprint density at radius 3 is 2.30 bits per heavy atom. The van der Waals surface area contributed by atoms with E-state index in [-0.39, 0.29) is 17.3 Å². The number of benzene rings is 2. The largest absolute Gasteiger partial charge is 0.368 e. The van der Waals surface area contributed by atoms with Crippen LogP contribution in [-0.4, -0.2) is 34.3 Å². The number of nitrogen functional groups attached to an aromatic ring is 1. The number of nitrogens with two attached hydrogens (primary N) is 1. The van der Waals surface area contributed by atoms with Crippen LogP contribution in [0.1, 0.15) is 20.8 Å². The predicted octanol–water partition coefficient (Wildman–Crippen LogP) is 4.43. The fourth-order valence-electron chi connectivity index (χ4n) is 4.04. The molecule has 166 valence electrons. The van der Waals surface area contributed by atoms with Gasteiger partial charge in [0.05, 0.1) is 11.0 Å². The van der Waals surface area contributed by atoms with Gasteiger partial charge < -0.3 is 10.3 Å². The van der Waals surface area contributed by atoms with E-state index < -0.39 is 0 Å². The van der Waals surface area contributed by atoms with Crippen molar-refractivity contribution < 1.29 is 4.39 Å². The molecule has 0 fully saturated rings. The fraction of sp³-hybridized carbons (Fsp3) is 0.208. The van der Waals surface area contributed by atoms with Gasteiger partial charge in [-0.25, -0.2) is 29.0 Å². The van der Waals surface area contributed by atoms with Crippen molar-refractivity contribution in [2.24, 2.45) is 7.05 Å². The molecule has 2 aromatic carbocycles. The van der Waals surface area contributed by atoms with E-state index in [2.05, 4.69) is 45.4 Å². The molecule has 0 amide bonds. The van der Waals surface area contributed by atoms with E-state index >= 15 is 0 Å². The topological polar surface area (TPSA) is 100 Å². The first kappa shape index (κ1) is 20.7. The molecule has 0 spiro atoms. The van der Waals surface area contributed by atoms with Crippen LogP contribution in [0.5, 0.6) is 0 Å². The highest BCUT2D eigenvalue weighted by Crippen LogP contribution is 2.37. The van der Waals surface area contributed by atoms with Gasteiger partial charge >= 0.3 is 0 Å².